The highest BCUT2D eigenvalue weighted by Gasteiger charge is 2.22. The van der Waals surface area contributed by atoms with E-state index < -0.39 is 0 Å². The Morgan fingerprint density at radius 3 is 2.50 bits per heavy atom. The Bertz CT molecular complexity index is 799. The summed E-state index contributed by atoms with van der Waals surface area (Å²) in [6.07, 6.45) is 4.68. The summed E-state index contributed by atoms with van der Waals surface area (Å²) in [6, 6.07) is 11.0. The monoisotopic (exact) mass is 379 g/mol. The Morgan fingerprint density at radius 2 is 1.75 bits per heavy atom. The quantitative estimate of drug-likeness (QED) is 0.639. The molecule has 4 rings (SSSR count). The molecule has 2 aliphatic rings. The Labute approximate surface area is 166 Å². The number of guanidine groups is 1. The molecule has 0 spiro atoms. The van der Waals surface area contributed by atoms with E-state index >= 15 is 0 Å². The van der Waals surface area contributed by atoms with Gasteiger partial charge >= 0.3 is 0 Å². The molecule has 3 heterocycles. The average molecular weight is 380 g/mol. The van der Waals surface area contributed by atoms with Crippen molar-refractivity contribution in [3.8, 4) is 0 Å². The second-order valence-corrected chi connectivity index (χ2v) is 7.56. The van der Waals surface area contributed by atoms with E-state index in [-0.39, 0.29) is 0 Å². The van der Waals surface area contributed by atoms with E-state index in [1.165, 1.54) is 11.1 Å². The van der Waals surface area contributed by atoms with Crippen LogP contribution in [0, 0.1) is 0 Å². The van der Waals surface area contributed by atoms with Gasteiger partial charge < -0.3 is 15.5 Å². The van der Waals surface area contributed by atoms with Gasteiger partial charge in [0.05, 0.1) is 6.54 Å². The van der Waals surface area contributed by atoms with Crippen LogP contribution in [-0.4, -0.2) is 71.0 Å². The van der Waals surface area contributed by atoms with Crippen molar-refractivity contribution in [3.05, 3.63) is 53.9 Å². The predicted molar refractivity (Wildman–Crippen MR) is 112 cm³/mol. The zero-order valence-electron chi connectivity index (χ0n) is 16.5. The van der Waals surface area contributed by atoms with Gasteiger partial charge in [-0.3, -0.25) is 9.89 Å². The summed E-state index contributed by atoms with van der Waals surface area (Å²) in [5, 5.41) is 0. The smallest absolute Gasteiger partial charge is 0.225 e. The molecular weight excluding hydrogens is 350 g/mol. The molecular formula is C21H29N7. The summed E-state index contributed by atoms with van der Waals surface area (Å²) < 4.78 is 0. The van der Waals surface area contributed by atoms with E-state index in [0.717, 1.165) is 58.2 Å². The minimum absolute atomic E-state index is 0.380. The highest BCUT2D eigenvalue weighted by molar-refractivity contribution is 5.78. The van der Waals surface area contributed by atoms with E-state index in [9.17, 15) is 0 Å². The van der Waals surface area contributed by atoms with Gasteiger partial charge in [0.25, 0.3) is 0 Å². The number of benzene rings is 1. The van der Waals surface area contributed by atoms with Crippen LogP contribution in [0.15, 0.2) is 47.7 Å². The maximum Gasteiger partial charge on any atom is 0.225 e. The van der Waals surface area contributed by atoms with Crippen LogP contribution in [0.2, 0.25) is 0 Å². The van der Waals surface area contributed by atoms with Crippen molar-refractivity contribution in [2.75, 3.05) is 44.2 Å². The van der Waals surface area contributed by atoms with Crippen LogP contribution >= 0.6 is 0 Å². The molecule has 7 nitrogen and oxygen atoms in total. The lowest BCUT2D eigenvalue weighted by atomic mass is 9.99. The van der Waals surface area contributed by atoms with Crippen LogP contribution in [0.4, 0.5) is 5.95 Å². The number of piperazine rings is 1. The number of fused-ring (bicyclic) bond motifs is 1. The maximum absolute atomic E-state index is 6.29. The van der Waals surface area contributed by atoms with Crippen LogP contribution in [0.1, 0.15) is 18.1 Å². The van der Waals surface area contributed by atoms with Crippen LogP contribution < -0.4 is 10.6 Å². The summed E-state index contributed by atoms with van der Waals surface area (Å²) in [5.74, 6) is 1.44. The number of hydrogen-bond acceptors (Lipinski definition) is 5. The van der Waals surface area contributed by atoms with Gasteiger partial charge in [-0.05, 0) is 30.5 Å². The van der Waals surface area contributed by atoms with Gasteiger partial charge in [0, 0.05) is 57.7 Å². The SMILES string of the molecule is CC(CN=C(N)N1CCN(c2ncccn2)CC1)N1CCc2ccccc2C1. The molecule has 1 unspecified atom stereocenters. The first kappa shape index (κ1) is 18.7. The van der Waals surface area contributed by atoms with Gasteiger partial charge in [0.2, 0.25) is 5.95 Å². The van der Waals surface area contributed by atoms with Crippen LogP contribution in [0.3, 0.4) is 0 Å². The van der Waals surface area contributed by atoms with Crippen molar-refractivity contribution in [1.29, 1.82) is 0 Å². The topological polar surface area (TPSA) is 73.9 Å². The third-order valence-electron chi connectivity index (χ3n) is 5.74. The van der Waals surface area contributed by atoms with Crippen molar-refractivity contribution in [1.82, 2.24) is 19.8 Å². The van der Waals surface area contributed by atoms with Gasteiger partial charge in [0.1, 0.15) is 0 Å². The fourth-order valence-corrected chi connectivity index (χ4v) is 3.92. The summed E-state index contributed by atoms with van der Waals surface area (Å²) >= 11 is 0. The van der Waals surface area contributed by atoms with Gasteiger partial charge in [-0.15, -0.1) is 0 Å². The second-order valence-electron chi connectivity index (χ2n) is 7.56. The van der Waals surface area contributed by atoms with Crippen molar-refractivity contribution < 1.29 is 0 Å². The van der Waals surface area contributed by atoms with Crippen LogP contribution in [-0.2, 0) is 13.0 Å². The third kappa shape index (κ3) is 4.25. The molecule has 28 heavy (non-hydrogen) atoms. The third-order valence-corrected chi connectivity index (χ3v) is 5.74. The summed E-state index contributed by atoms with van der Waals surface area (Å²) in [6.45, 7) is 8.48. The molecule has 0 aliphatic carbocycles. The normalized spacial score (nSPS) is 19.4. The second kappa shape index (κ2) is 8.56. The average Bonchev–Trinajstić information content (AvgIpc) is 2.77. The Morgan fingerprint density at radius 1 is 1.04 bits per heavy atom. The molecule has 0 radical (unpaired) electrons. The number of nitrogens with zero attached hydrogens (tertiary/aromatic N) is 6. The molecule has 1 aromatic heterocycles. The highest BCUT2D eigenvalue weighted by Crippen LogP contribution is 2.20. The number of nitrogens with two attached hydrogens (primary N) is 1. The molecule has 1 saturated heterocycles. The fourth-order valence-electron chi connectivity index (χ4n) is 3.92. The van der Waals surface area contributed by atoms with E-state index in [1.54, 1.807) is 12.4 Å². The Kier molecular flexibility index (Phi) is 5.71. The van der Waals surface area contributed by atoms with Crippen molar-refractivity contribution in [2.45, 2.75) is 25.9 Å². The lowest BCUT2D eigenvalue weighted by Gasteiger charge is -2.36. The van der Waals surface area contributed by atoms with E-state index in [4.69, 9.17) is 10.7 Å². The number of aromatic nitrogens is 2. The van der Waals surface area contributed by atoms with Crippen LogP contribution in [0.5, 0.6) is 0 Å². The maximum atomic E-state index is 6.29. The molecule has 2 aliphatic heterocycles. The minimum atomic E-state index is 0.380. The molecule has 2 aromatic rings. The van der Waals surface area contributed by atoms with Crippen molar-refractivity contribution >= 4 is 11.9 Å². The zero-order chi connectivity index (χ0) is 19.3. The molecule has 7 heteroatoms. The first-order valence-corrected chi connectivity index (χ1v) is 10.1. The lowest BCUT2D eigenvalue weighted by Crippen LogP contribution is -2.52. The van der Waals surface area contributed by atoms with E-state index in [1.807, 2.05) is 6.07 Å². The number of rotatable bonds is 4. The molecule has 0 saturated carbocycles. The van der Waals surface area contributed by atoms with E-state index in [0.29, 0.717) is 12.0 Å². The fraction of sp³-hybridized carbons (Fsp3) is 0.476. The zero-order valence-corrected chi connectivity index (χ0v) is 16.5. The van der Waals surface area contributed by atoms with Gasteiger partial charge in [-0.2, -0.15) is 0 Å². The molecule has 148 valence electrons. The van der Waals surface area contributed by atoms with Crippen molar-refractivity contribution in [3.63, 3.8) is 0 Å². The Balaban J connectivity index is 1.28. The number of anilines is 1. The standard InChI is InChI=1S/C21H29N7/c1-17(28-10-7-18-5-2-3-6-19(18)16-28)15-25-20(22)26-11-13-27(14-12-26)21-23-8-4-9-24-21/h2-6,8-9,17H,7,10-16H2,1H3,(H2,22,25). The first-order valence-electron chi connectivity index (χ1n) is 10.1. The minimum Gasteiger partial charge on any atom is -0.370 e. The number of hydrogen-bond donors (Lipinski definition) is 1. The van der Waals surface area contributed by atoms with E-state index in [2.05, 4.69) is 55.9 Å². The lowest BCUT2D eigenvalue weighted by molar-refractivity contribution is 0.195. The van der Waals surface area contributed by atoms with Gasteiger partial charge in [0.15, 0.2) is 5.96 Å². The summed E-state index contributed by atoms with van der Waals surface area (Å²) in [4.78, 5) is 20.2. The summed E-state index contributed by atoms with van der Waals surface area (Å²) in [5.41, 5.74) is 9.22. The van der Waals surface area contributed by atoms with Gasteiger partial charge in [-0.1, -0.05) is 24.3 Å². The molecule has 1 aromatic carbocycles. The molecule has 1 fully saturated rings. The molecule has 0 bridgehead atoms. The van der Waals surface area contributed by atoms with Gasteiger partial charge in [-0.25, -0.2) is 9.97 Å². The molecule has 0 amide bonds. The van der Waals surface area contributed by atoms with Crippen LogP contribution in [0.25, 0.3) is 0 Å². The molecule has 1 atom stereocenters. The van der Waals surface area contributed by atoms with Crippen molar-refractivity contribution in [2.24, 2.45) is 10.7 Å². The first-order chi connectivity index (χ1) is 13.7. The Hall–Kier alpha value is -2.67. The predicted octanol–water partition coefficient (Wildman–Crippen LogP) is 1.36. The largest absolute Gasteiger partial charge is 0.370 e. The highest BCUT2D eigenvalue weighted by atomic mass is 15.4. The molecule has 2 N–H and O–H groups in total. The summed E-state index contributed by atoms with van der Waals surface area (Å²) in [7, 11) is 0. The number of aliphatic imine (C=N–C) groups is 1.